The molecule has 0 saturated carbocycles. The van der Waals surface area contributed by atoms with Crippen LogP contribution in [0.5, 0.6) is 0 Å². The minimum absolute atomic E-state index is 0.183. The molecule has 4 unspecified atom stereocenters. The molecule has 104 valence electrons. The smallest absolute Gasteiger partial charge is 0.237 e. The number of nitrogens with one attached hydrogen (secondary N) is 2. The molecule has 0 aromatic rings. The lowest BCUT2D eigenvalue weighted by molar-refractivity contribution is -0.134. The summed E-state index contributed by atoms with van der Waals surface area (Å²) in [5.74, 6) is 0.409. The van der Waals surface area contributed by atoms with Crippen LogP contribution in [0.1, 0.15) is 52.9 Å². The third kappa shape index (κ3) is 3.23. The van der Waals surface area contributed by atoms with Gasteiger partial charge in [-0.2, -0.15) is 0 Å². The van der Waals surface area contributed by atoms with Crippen molar-refractivity contribution in [3.63, 3.8) is 0 Å². The lowest BCUT2D eigenvalue weighted by atomic mass is 9.92. The Hall–Kier alpha value is -0.610. The predicted octanol–water partition coefficient (Wildman–Crippen LogP) is 1.67. The number of carbonyl (C=O) groups excluding carboxylic acids is 1. The molecule has 2 aliphatic heterocycles. The van der Waals surface area contributed by atoms with E-state index in [1.165, 1.54) is 19.3 Å². The molecule has 4 atom stereocenters. The lowest BCUT2D eigenvalue weighted by Crippen LogP contribution is -2.56. The van der Waals surface area contributed by atoms with Crippen LogP contribution in [0.4, 0.5) is 0 Å². The highest BCUT2D eigenvalue weighted by atomic mass is 16.2. The van der Waals surface area contributed by atoms with Crippen molar-refractivity contribution in [1.29, 1.82) is 0 Å². The maximum absolute atomic E-state index is 12.3. The number of hydrazine groups is 1. The third-order valence-electron chi connectivity index (χ3n) is 4.43. The van der Waals surface area contributed by atoms with Gasteiger partial charge in [-0.05, 0) is 53.0 Å². The summed E-state index contributed by atoms with van der Waals surface area (Å²) in [6.45, 7) is 7.54. The Balaban J connectivity index is 1.89. The van der Waals surface area contributed by atoms with Crippen molar-refractivity contribution in [3.05, 3.63) is 0 Å². The average molecular weight is 253 g/mol. The Morgan fingerprint density at radius 2 is 1.83 bits per heavy atom. The maximum Gasteiger partial charge on any atom is 0.237 e. The van der Waals surface area contributed by atoms with Crippen molar-refractivity contribution >= 4 is 5.91 Å². The summed E-state index contributed by atoms with van der Waals surface area (Å²) >= 11 is 0. The molecule has 2 N–H and O–H groups in total. The summed E-state index contributed by atoms with van der Waals surface area (Å²) in [5.41, 5.74) is 3.18. The second-order valence-electron chi connectivity index (χ2n) is 6.09. The van der Waals surface area contributed by atoms with Gasteiger partial charge in [0.2, 0.25) is 5.91 Å². The van der Waals surface area contributed by atoms with Crippen LogP contribution in [-0.4, -0.2) is 35.6 Å². The van der Waals surface area contributed by atoms with Crippen LogP contribution >= 0.6 is 0 Å². The first kappa shape index (κ1) is 13.8. The zero-order chi connectivity index (χ0) is 13.1. The number of rotatable bonds is 2. The van der Waals surface area contributed by atoms with E-state index in [4.69, 9.17) is 0 Å². The molecule has 0 aliphatic carbocycles. The zero-order valence-electron chi connectivity index (χ0n) is 11.9. The van der Waals surface area contributed by atoms with E-state index in [1.54, 1.807) is 0 Å². The van der Waals surface area contributed by atoms with Crippen molar-refractivity contribution in [2.24, 2.45) is 5.92 Å². The van der Waals surface area contributed by atoms with Crippen molar-refractivity contribution in [3.8, 4) is 0 Å². The lowest BCUT2D eigenvalue weighted by Gasteiger charge is -2.40. The molecule has 2 rings (SSSR count). The first-order valence-corrected chi connectivity index (χ1v) is 7.40. The fraction of sp³-hybridized carbons (Fsp3) is 0.929. The summed E-state index contributed by atoms with van der Waals surface area (Å²) < 4.78 is 0. The summed E-state index contributed by atoms with van der Waals surface area (Å²) in [7, 11) is 0. The second kappa shape index (κ2) is 6.02. The van der Waals surface area contributed by atoms with Gasteiger partial charge in [0.1, 0.15) is 0 Å². The first-order valence-electron chi connectivity index (χ1n) is 7.40. The van der Waals surface area contributed by atoms with Gasteiger partial charge in [0.25, 0.3) is 0 Å². The molecule has 2 aliphatic rings. The molecule has 2 heterocycles. The van der Waals surface area contributed by atoms with Gasteiger partial charge in [-0.3, -0.25) is 10.2 Å². The van der Waals surface area contributed by atoms with E-state index in [-0.39, 0.29) is 11.8 Å². The largest absolute Gasteiger partial charge is 0.314 e. The number of piperidine rings is 2. The second-order valence-corrected chi connectivity index (χ2v) is 6.09. The van der Waals surface area contributed by atoms with Crippen molar-refractivity contribution in [2.45, 2.75) is 71.0 Å². The molecule has 0 aromatic carbocycles. The Morgan fingerprint density at radius 3 is 2.44 bits per heavy atom. The summed E-state index contributed by atoms with van der Waals surface area (Å²) in [4.78, 5) is 12.3. The molecule has 2 fully saturated rings. The standard InChI is InChI=1S/C14H27N3O/c1-10-9-13(7-8-15-10)14(18)16-17-11(2)5-4-6-12(17)3/h10-13,15H,4-9H2,1-3H3,(H,16,18). The Labute approximate surface area is 110 Å². The Morgan fingerprint density at radius 1 is 1.17 bits per heavy atom. The van der Waals surface area contributed by atoms with Crippen LogP contribution in [0.2, 0.25) is 0 Å². The van der Waals surface area contributed by atoms with Gasteiger partial charge in [0, 0.05) is 24.0 Å². The van der Waals surface area contributed by atoms with E-state index in [1.807, 2.05) is 0 Å². The van der Waals surface area contributed by atoms with Gasteiger partial charge in [-0.1, -0.05) is 6.42 Å². The van der Waals surface area contributed by atoms with E-state index >= 15 is 0 Å². The van der Waals surface area contributed by atoms with Gasteiger partial charge in [-0.25, -0.2) is 5.01 Å². The molecule has 0 bridgehead atoms. The van der Waals surface area contributed by atoms with Crippen LogP contribution in [0.3, 0.4) is 0 Å². The number of nitrogens with zero attached hydrogens (tertiary/aromatic N) is 1. The number of carbonyl (C=O) groups is 1. The molecule has 18 heavy (non-hydrogen) atoms. The summed E-state index contributed by atoms with van der Waals surface area (Å²) in [6.07, 6.45) is 5.58. The molecule has 0 aromatic heterocycles. The minimum Gasteiger partial charge on any atom is -0.314 e. The van der Waals surface area contributed by atoms with Crippen molar-refractivity contribution in [1.82, 2.24) is 15.8 Å². The molecular formula is C14H27N3O. The van der Waals surface area contributed by atoms with Crippen LogP contribution < -0.4 is 10.7 Å². The van der Waals surface area contributed by atoms with Gasteiger partial charge in [0.05, 0.1) is 0 Å². The van der Waals surface area contributed by atoms with E-state index < -0.39 is 0 Å². The van der Waals surface area contributed by atoms with Crippen LogP contribution in [-0.2, 0) is 4.79 Å². The average Bonchev–Trinajstić information content (AvgIpc) is 2.34. The first-order chi connectivity index (χ1) is 8.58. The Kier molecular flexibility index (Phi) is 4.62. The highest BCUT2D eigenvalue weighted by molar-refractivity contribution is 5.78. The minimum atomic E-state index is 0.183. The quantitative estimate of drug-likeness (QED) is 0.787. The number of hydrogen-bond donors (Lipinski definition) is 2. The van der Waals surface area contributed by atoms with Crippen molar-refractivity contribution < 1.29 is 4.79 Å². The highest BCUT2D eigenvalue weighted by Gasteiger charge is 2.30. The zero-order valence-corrected chi connectivity index (χ0v) is 11.9. The molecule has 4 heteroatoms. The van der Waals surface area contributed by atoms with Crippen LogP contribution in [0.15, 0.2) is 0 Å². The monoisotopic (exact) mass is 253 g/mol. The predicted molar refractivity (Wildman–Crippen MR) is 72.9 cm³/mol. The van der Waals surface area contributed by atoms with Crippen LogP contribution in [0.25, 0.3) is 0 Å². The van der Waals surface area contributed by atoms with Gasteiger partial charge < -0.3 is 5.32 Å². The summed E-state index contributed by atoms with van der Waals surface area (Å²) in [5, 5.41) is 5.57. The molecule has 0 spiro atoms. The normalized spacial score (nSPS) is 38.4. The Bertz CT molecular complexity index is 285. The van der Waals surface area contributed by atoms with E-state index in [0.717, 1.165) is 19.4 Å². The van der Waals surface area contributed by atoms with Crippen molar-refractivity contribution in [2.75, 3.05) is 6.54 Å². The van der Waals surface area contributed by atoms with Gasteiger partial charge >= 0.3 is 0 Å². The van der Waals surface area contributed by atoms with E-state index in [0.29, 0.717) is 18.1 Å². The number of hydrogen-bond acceptors (Lipinski definition) is 3. The topological polar surface area (TPSA) is 44.4 Å². The maximum atomic E-state index is 12.3. The fourth-order valence-electron chi connectivity index (χ4n) is 3.23. The van der Waals surface area contributed by atoms with E-state index in [9.17, 15) is 4.79 Å². The van der Waals surface area contributed by atoms with Gasteiger partial charge in [0.15, 0.2) is 0 Å². The van der Waals surface area contributed by atoms with Gasteiger partial charge in [-0.15, -0.1) is 0 Å². The SMILES string of the molecule is CC1CC(C(=O)NN2C(C)CCCC2C)CCN1. The molecule has 4 nitrogen and oxygen atoms in total. The molecule has 1 amide bonds. The fourth-order valence-corrected chi connectivity index (χ4v) is 3.23. The summed E-state index contributed by atoms with van der Waals surface area (Å²) in [6, 6.07) is 1.40. The van der Waals surface area contributed by atoms with Crippen LogP contribution in [0, 0.1) is 5.92 Å². The number of amides is 1. The molecular weight excluding hydrogens is 226 g/mol. The highest BCUT2D eigenvalue weighted by Crippen LogP contribution is 2.22. The third-order valence-corrected chi connectivity index (χ3v) is 4.43. The molecule has 2 saturated heterocycles. The van der Waals surface area contributed by atoms with E-state index in [2.05, 4.69) is 36.5 Å². The molecule has 0 radical (unpaired) electrons.